The zero-order chi connectivity index (χ0) is 33.0. The number of allylic oxidation sites excluding steroid dienone is 4. The molecule has 2 N–H and O–H groups in total. The van der Waals surface area contributed by atoms with Gasteiger partial charge in [-0.2, -0.15) is 4.31 Å². The average Bonchev–Trinajstić information content (AvgIpc) is 3.55. The van der Waals surface area contributed by atoms with Crippen molar-refractivity contribution in [3.63, 3.8) is 0 Å². The Labute approximate surface area is 270 Å². The summed E-state index contributed by atoms with van der Waals surface area (Å²) >= 11 is 0. The van der Waals surface area contributed by atoms with Crippen LogP contribution in [0.1, 0.15) is 50.5 Å². The molecule has 248 valence electrons. The van der Waals surface area contributed by atoms with E-state index >= 15 is 0 Å². The molecule has 2 fully saturated rings. The summed E-state index contributed by atoms with van der Waals surface area (Å²) in [6, 6.07) is 9.74. The molecule has 2 aromatic rings. The molecular weight excluding hydrogens is 656 g/mol. The number of sulfonamides is 2. The van der Waals surface area contributed by atoms with Gasteiger partial charge in [0.2, 0.25) is 20.0 Å². The lowest BCUT2D eigenvalue weighted by atomic mass is 10.2. The topological polar surface area (TPSA) is 154 Å². The Balaban J connectivity index is 1.36. The summed E-state index contributed by atoms with van der Waals surface area (Å²) in [5.74, 6) is -1.32. The summed E-state index contributed by atoms with van der Waals surface area (Å²) in [6.45, 7) is 0.0617. The third-order valence-electron chi connectivity index (χ3n) is 8.10. The third-order valence-corrected chi connectivity index (χ3v) is 13.4. The van der Waals surface area contributed by atoms with E-state index in [0.717, 1.165) is 49.3 Å². The predicted octanol–water partition coefficient (Wildman–Crippen LogP) is 3.66. The number of halogens is 1. The van der Waals surface area contributed by atoms with Crippen LogP contribution in [0.3, 0.4) is 0 Å². The Hall–Kier alpha value is -3.05. The van der Waals surface area contributed by atoms with E-state index in [-0.39, 0.29) is 33.0 Å². The van der Waals surface area contributed by atoms with Crippen molar-refractivity contribution >= 4 is 46.5 Å². The number of aliphatic imine (C=N–C) groups is 1. The molecule has 0 spiro atoms. The molecule has 1 unspecified atom stereocenters. The van der Waals surface area contributed by atoms with Crippen LogP contribution in [0, 0.1) is 5.82 Å². The second-order valence-electron chi connectivity index (χ2n) is 11.5. The molecular formula is C31H37FN4O7S3. The lowest BCUT2D eigenvalue weighted by Gasteiger charge is -2.28. The van der Waals surface area contributed by atoms with Crippen molar-refractivity contribution in [1.29, 1.82) is 0 Å². The zero-order valence-corrected chi connectivity index (χ0v) is 27.6. The summed E-state index contributed by atoms with van der Waals surface area (Å²) in [5.41, 5.74) is 0.587. The van der Waals surface area contributed by atoms with E-state index in [0.29, 0.717) is 18.7 Å². The van der Waals surface area contributed by atoms with Crippen LogP contribution in [0.5, 0.6) is 0 Å². The molecule has 3 aliphatic rings. The first-order valence-corrected chi connectivity index (χ1v) is 19.5. The predicted molar refractivity (Wildman–Crippen MR) is 175 cm³/mol. The van der Waals surface area contributed by atoms with E-state index in [1.54, 1.807) is 4.31 Å². The number of rotatable bonds is 10. The van der Waals surface area contributed by atoms with Gasteiger partial charge in [-0.3, -0.25) is 4.79 Å². The van der Waals surface area contributed by atoms with Gasteiger partial charge in [0.15, 0.2) is 9.99 Å². The Kier molecular flexibility index (Phi) is 10.7. The van der Waals surface area contributed by atoms with Crippen molar-refractivity contribution in [3.05, 3.63) is 84.2 Å². The van der Waals surface area contributed by atoms with Gasteiger partial charge in [-0.1, -0.05) is 31.4 Å². The first-order valence-electron chi connectivity index (χ1n) is 15.1. The molecule has 1 amide bonds. The number of hydrogen-bond donors (Lipinski definition) is 2. The van der Waals surface area contributed by atoms with Gasteiger partial charge in [-0.15, -0.1) is 0 Å². The van der Waals surface area contributed by atoms with E-state index < -0.39 is 48.3 Å². The van der Waals surface area contributed by atoms with E-state index in [1.165, 1.54) is 72.8 Å². The molecule has 1 saturated heterocycles. The molecule has 0 bridgehead atoms. The second kappa shape index (κ2) is 14.4. The van der Waals surface area contributed by atoms with Crippen molar-refractivity contribution in [2.45, 2.75) is 67.3 Å². The number of piperidine rings is 1. The summed E-state index contributed by atoms with van der Waals surface area (Å²) in [4.78, 5) is 17.0. The molecule has 0 radical (unpaired) electrons. The zero-order valence-electron chi connectivity index (χ0n) is 25.1. The van der Waals surface area contributed by atoms with Crippen molar-refractivity contribution in [2.75, 3.05) is 19.6 Å². The molecule has 1 saturated carbocycles. The number of carbonyl (C=O) groups excluding carboxylic acids is 1. The van der Waals surface area contributed by atoms with Crippen molar-refractivity contribution in [2.24, 2.45) is 4.99 Å². The van der Waals surface area contributed by atoms with Crippen molar-refractivity contribution < 1.29 is 34.8 Å². The fourth-order valence-electron chi connectivity index (χ4n) is 5.58. The van der Waals surface area contributed by atoms with Gasteiger partial charge in [0.05, 0.1) is 26.9 Å². The van der Waals surface area contributed by atoms with Gasteiger partial charge in [-0.25, -0.2) is 39.5 Å². The Morgan fingerprint density at radius 2 is 1.43 bits per heavy atom. The van der Waals surface area contributed by atoms with Crippen LogP contribution in [0.2, 0.25) is 0 Å². The van der Waals surface area contributed by atoms with Crippen LogP contribution in [0.4, 0.5) is 4.39 Å². The highest BCUT2D eigenvalue weighted by molar-refractivity contribution is 7.95. The fourth-order valence-corrected chi connectivity index (χ4v) is 9.80. The summed E-state index contributed by atoms with van der Waals surface area (Å²) < 4.78 is 95.6. The van der Waals surface area contributed by atoms with Crippen LogP contribution in [0.25, 0.3) is 0 Å². The molecule has 15 heteroatoms. The van der Waals surface area contributed by atoms with Gasteiger partial charge in [0.25, 0.3) is 5.91 Å². The maximum atomic E-state index is 13.8. The molecule has 11 nitrogen and oxygen atoms in total. The van der Waals surface area contributed by atoms with Crippen LogP contribution in [0.15, 0.2) is 87.6 Å². The van der Waals surface area contributed by atoms with E-state index in [2.05, 4.69) is 9.71 Å². The highest BCUT2D eigenvalue weighted by atomic mass is 32.2. The largest absolute Gasteiger partial charge is 0.302 e. The van der Waals surface area contributed by atoms with Crippen molar-refractivity contribution in [1.82, 2.24) is 13.3 Å². The first kappa shape index (κ1) is 34.3. The Bertz CT molecular complexity index is 1850. The fraction of sp³-hybridized carbons (Fsp3) is 0.387. The molecule has 1 atom stereocenters. The van der Waals surface area contributed by atoms with Crippen LogP contribution < -0.4 is 4.72 Å². The highest BCUT2D eigenvalue weighted by Crippen LogP contribution is 2.24. The molecule has 46 heavy (non-hydrogen) atoms. The number of nitrogens with zero attached hydrogens (tertiary/aromatic N) is 3. The summed E-state index contributed by atoms with van der Waals surface area (Å²) in [7, 11) is -11.6. The maximum Gasteiger partial charge on any atom is 0.261 e. The van der Waals surface area contributed by atoms with Gasteiger partial charge >= 0.3 is 0 Å². The number of nitrogens with one attached hydrogen (secondary N) is 1. The number of benzene rings is 2. The lowest BCUT2D eigenvalue weighted by Crippen LogP contribution is -2.38. The minimum atomic E-state index is -4.35. The molecule has 2 aliphatic carbocycles. The SMILES string of the molecule is O=C(CN(Cc1ccc(F)cc1)S(=O)(=O)c1ccc(S(=O)(=O)NC2CCCC2)cc1)N=C1C=CC(=S(=O)(O)N2CCCCC2)C=C1. The molecule has 1 aliphatic heterocycles. The van der Waals surface area contributed by atoms with E-state index in [4.69, 9.17) is 0 Å². The minimum Gasteiger partial charge on any atom is -0.302 e. The first-order chi connectivity index (χ1) is 21.8. The molecule has 2 aromatic carbocycles. The van der Waals surface area contributed by atoms with Crippen LogP contribution in [-0.2, 0) is 41.4 Å². The van der Waals surface area contributed by atoms with E-state index in [9.17, 15) is 34.8 Å². The monoisotopic (exact) mass is 692 g/mol. The van der Waals surface area contributed by atoms with Crippen LogP contribution in [-0.4, -0.2) is 76.4 Å². The standard InChI is InChI=1S/C31H37FN4O7S3/c32-25-10-8-24(9-11-25)22-36(46(42,43)30-18-16-28(17-19-30)44(38,39)34-27-6-2-3-7-27)23-31(37)33-26-12-14-29(15-13-26)45(40,41)35-20-4-1-5-21-35/h8-19,27,34H,1-7,20-23H2,(H,40,41). The second-order valence-corrected chi connectivity index (χ2v) is 17.1. The number of hydrogen-bond acceptors (Lipinski definition) is 6. The Morgan fingerprint density at radius 3 is 2.04 bits per heavy atom. The Morgan fingerprint density at radius 1 is 0.848 bits per heavy atom. The normalized spacial score (nSPS) is 19.5. The number of amides is 1. The van der Waals surface area contributed by atoms with Crippen LogP contribution >= 0.6 is 0 Å². The molecule has 1 heterocycles. The number of carbonyl (C=O) groups is 1. The highest BCUT2D eigenvalue weighted by Gasteiger charge is 2.29. The summed E-state index contributed by atoms with van der Waals surface area (Å²) in [5, 5.41) is 0. The van der Waals surface area contributed by atoms with Gasteiger partial charge < -0.3 is 4.55 Å². The maximum absolute atomic E-state index is 13.8. The lowest BCUT2D eigenvalue weighted by molar-refractivity contribution is -0.118. The third kappa shape index (κ3) is 8.26. The molecule has 5 rings (SSSR count). The smallest absolute Gasteiger partial charge is 0.261 e. The quantitative estimate of drug-likeness (QED) is 0.361. The summed E-state index contributed by atoms with van der Waals surface area (Å²) in [6.07, 6.45) is 11.7. The van der Waals surface area contributed by atoms with Gasteiger partial charge in [0.1, 0.15) is 5.82 Å². The minimum absolute atomic E-state index is 0.0786. The van der Waals surface area contributed by atoms with Gasteiger partial charge in [0, 0.05) is 25.7 Å². The molecule has 0 aromatic heterocycles. The average molecular weight is 693 g/mol. The van der Waals surface area contributed by atoms with Gasteiger partial charge in [-0.05, 0) is 91.9 Å². The van der Waals surface area contributed by atoms with E-state index in [1.807, 2.05) is 0 Å². The van der Waals surface area contributed by atoms with Crippen molar-refractivity contribution in [3.8, 4) is 0 Å².